The van der Waals surface area contributed by atoms with Gasteiger partial charge >= 0.3 is 0 Å². The number of amides is 2. The Morgan fingerprint density at radius 2 is 2.10 bits per heavy atom. The maximum atomic E-state index is 11.9. The molecule has 1 aromatic rings. The molecule has 0 aliphatic heterocycles. The number of hydrogen-bond donors (Lipinski definition) is 2. The fraction of sp³-hybridized carbons (Fsp3) is 0.571. The van der Waals surface area contributed by atoms with E-state index in [1.807, 2.05) is 6.07 Å². The minimum absolute atomic E-state index is 0.0267. The molecule has 0 spiro atoms. The predicted molar refractivity (Wildman–Crippen MR) is 79.4 cm³/mol. The lowest BCUT2D eigenvalue weighted by Crippen LogP contribution is -2.40. The molecule has 1 fully saturated rings. The number of hydrogen-bond acceptors (Lipinski definition) is 4. The van der Waals surface area contributed by atoms with E-state index in [-0.39, 0.29) is 11.8 Å². The lowest BCUT2D eigenvalue weighted by molar-refractivity contribution is -0.123. The molecular formula is C14H21N3O2S. The van der Waals surface area contributed by atoms with E-state index in [0.717, 1.165) is 6.54 Å². The van der Waals surface area contributed by atoms with Gasteiger partial charge in [-0.05, 0) is 24.3 Å². The van der Waals surface area contributed by atoms with Crippen molar-refractivity contribution in [2.45, 2.75) is 32.4 Å². The highest BCUT2D eigenvalue weighted by molar-refractivity contribution is 7.09. The maximum Gasteiger partial charge on any atom is 0.234 e. The van der Waals surface area contributed by atoms with Crippen LogP contribution < -0.4 is 10.6 Å². The molecule has 0 saturated heterocycles. The highest BCUT2D eigenvalue weighted by Crippen LogP contribution is 2.28. The Bertz CT molecular complexity index is 443. The molecule has 2 rings (SSSR count). The van der Waals surface area contributed by atoms with Gasteiger partial charge < -0.3 is 10.6 Å². The van der Waals surface area contributed by atoms with Crippen LogP contribution in [-0.2, 0) is 16.1 Å². The molecule has 0 atom stereocenters. The second-order valence-electron chi connectivity index (χ2n) is 5.05. The van der Waals surface area contributed by atoms with Gasteiger partial charge in [-0.1, -0.05) is 6.07 Å². The Balaban J connectivity index is 1.71. The van der Waals surface area contributed by atoms with Crippen LogP contribution >= 0.6 is 11.3 Å². The van der Waals surface area contributed by atoms with Gasteiger partial charge in [-0.25, -0.2) is 0 Å². The van der Waals surface area contributed by atoms with Crippen molar-refractivity contribution in [2.24, 2.45) is 0 Å². The number of carbonyl (C=O) groups is 2. The maximum absolute atomic E-state index is 11.9. The summed E-state index contributed by atoms with van der Waals surface area (Å²) in [5.41, 5.74) is 0. The summed E-state index contributed by atoms with van der Waals surface area (Å²) in [4.78, 5) is 26.1. The third-order valence-electron chi connectivity index (χ3n) is 3.17. The van der Waals surface area contributed by atoms with Crippen molar-refractivity contribution in [1.82, 2.24) is 15.5 Å². The van der Waals surface area contributed by atoms with Crippen LogP contribution in [0.3, 0.4) is 0 Å². The van der Waals surface area contributed by atoms with E-state index in [4.69, 9.17) is 0 Å². The molecule has 20 heavy (non-hydrogen) atoms. The Morgan fingerprint density at radius 3 is 2.70 bits per heavy atom. The van der Waals surface area contributed by atoms with Crippen LogP contribution in [0, 0.1) is 0 Å². The first-order valence-corrected chi connectivity index (χ1v) is 7.80. The van der Waals surface area contributed by atoms with Gasteiger partial charge in [0.1, 0.15) is 0 Å². The Labute approximate surface area is 123 Å². The van der Waals surface area contributed by atoms with Crippen molar-refractivity contribution in [2.75, 3.05) is 19.6 Å². The molecule has 6 heteroatoms. The Morgan fingerprint density at radius 1 is 1.35 bits per heavy atom. The zero-order valence-corrected chi connectivity index (χ0v) is 12.5. The normalized spacial score (nSPS) is 14.3. The van der Waals surface area contributed by atoms with Crippen LogP contribution in [0.5, 0.6) is 0 Å². The van der Waals surface area contributed by atoms with Gasteiger partial charge in [0, 0.05) is 37.5 Å². The highest BCUT2D eigenvalue weighted by atomic mass is 32.1. The molecule has 5 nitrogen and oxygen atoms in total. The lowest BCUT2D eigenvalue weighted by atomic mass is 10.3. The van der Waals surface area contributed by atoms with Gasteiger partial charge in [0.05, 0.1) is 6.54 Å². The van der Waals surface area contributed by atoms with E-state index in [9.17, 15) is 9.59 Å². The first kappa shape index (κ1) is 15.0. The average molecular weight is 295 g/mol. The van der Waals surface area contributed by atoms with Crippen LogP contribution in [-0.4, -0.2) is 42.4 Å². The summed E-state index contributed by atoms with van der Waals surface area (Å²) < 4.78 is 0. The second-order valence-corrected chi connectivity index (χ2v) is 6.08. The summed E-state index contributed by atoms with van der Waals surface area (Å²) in [5.74, 6) is -0.0460. The van der Waals surface area contributed by atoms with E-state index < -0.39 is 0 Å². The van der Waals surface area contributed by atoms with Crippen molar-refractivity contribution in [3.63, 3.8) is 0 Å². The summed E-state index contributed by atoms with van der Waals surface area (Å²) in [5, 5.41) is 7.56. The lowest BCUT2D eigenvalue weighted by Gasteiger charge is -2.20. The minimum Gasteiger partial charge on any atom is -0.355 e. The molecule has 0 radical (unpaired) electrons. The molecule has 1 saturated carbocycles. The summed E-state index contributed by atoms with van der Waals surface area (Å²) in [6, 6.07) is 4.70. The van der Waals surface area contributed by atoms with Gasteiger partial charge in [0.15, 0.2) is 0 Å². The van der Waals surface area contributed by atoms with Crippen molar-refractivity contribution >= 4 is 23.2 Å². The summed E-state index contributed by atoms with van der Waals surface area (Å²) >= 11 is 1.73. The molecule has 1 heterocycles. The van der Waals surface area contributed by atoms with Crippen molar-refractivity contribution in [3.8, 4) is 0 Å². The molecular weight excluding hydrogens is 274 g/mol. The molecule has 0 unspecified atom stereocenters. The molecule has 1 aromatic heterocycles. The molecule has 0 bridgehead atoms. The number of nitrogens with one attached hydrogen (secondary N) is 2. The number of nitrogens with zero attached hydrogens (tertiary/aromatic N) is 1. The highest BCUT2D eigenvalue weighted by Gasteiger charge is 2.30. The molecule has 2 N–H and O–H groups in total. The Hall–Kier alpha value is -1.40. The van der Waals surface area contributed by atoms with Gasteiger partial charge in [-0.3, -0.25) is 14.5 Å². The zero-order chi connectivity index (χ0) is 14.4. The largest absolute Gasteiger partial charge is 0.355 e. The van der Waals surface area contributed by atoms with Crippen LogP contribution in [0.4, 0.5) is 0 Å². The zero-order valence-electron chi connectivity index (χ0n) is 11.7. The molecule has 0 aromatic carbocycles. The number of thiophene rings is 1. The predicted octanol–water partition coefficient (Wildman–Crippen LogP) is 0.965. The molecule has 1 aliphatic carbocycles. The number of carbonyl (C=O) groups excluding carboxylic acids is 2. The minimum atomic E-state index is -0.0726. The molecule has 1 aliphatic rings. The van der Waals surface area contributed by atoms with E-state index in [1.54, 1.807) is 11.3 Å². The summed E-state index contributed by atoms with van der Waals surface area (Å²) in [6.45, 7) is 3.72. The molecule has 2 amide bonds. The fourth-order valence-electron chi connectivity index (χ4n) is 2.04. The van der Waals surface area contributed by atoms with Crippen LogP contribution in [0.2, 0.25) is 0 Å². The smallest absolute Gasteiger partial charge is 0.234 e. The third-order valence-corrected chi connectivity index (χ3v) is 4.03. The van der Waals surface area contributed by atoms with Gasteiger partial charge in [-0.2, -0.15) is 0 Å². The average Bonchev–Trinajstić information content (AvgIpc) is 3.13. The Kier molecular flexibility index (Phi) is 5.55. The summed E-state index contributed by atoms with van der Waals surface area (Å²) in [6.07, 6.45) is 2.37. The first-order valence-electron chi connectivity index (χ1n) is 6.92. The van der Waals surface area contributed by atoms with E-state index in [1.165, 1.54) is 24.6 Å². The van der Waals surface area contributed by atoms with Crippen LogP contribution in [0.25, 0.3) is 0 Å². The van der Waals surface area contributed by atoms with E-state index >= 15 is 0 Å². The van der Waals surface area contributed by atoms with E-state index in [2.05, 4.69) is 27.0 Å². The third kappa shape index (κ3) is 5.30. The quantitative estimate of drug-likeness (QED) is 0.702. The van der Waals surface area contributed by atoms with Crippen molar-refractivity contribution in [1.29, 1.82) is 0 Å². The topological polar surface area (TPSA) is 61.4 Å². The van der Waals surface area contributed by atoms with Crippen LogP contribution in [0.1, 0.15) is 24.6 Å². The van der Waals surface area contributed by atoms with E-state index in [0.29, 0.717) is 25.7 Å². The van der Waals surface area contributed by atoms with Crippen LogP contribution in [0.15, 0.2) is 17.5 Å². The van der Waals surface area contributed by atoms with Gasteiger partial charge in [0.25, 0.3) is 0 Å². The van der Waals surface area contributed by atoms with Gasteiger partial charge in [-0.15, -0.1) is 11.3 Å². The second kappa shape index (κ2) is 7.40. The van der Waals surface area contributed by atoms with Crippen molar-refractivity contribution in [3.05, 3.63) is 22.4 Å². The monoisotopic (exact) mass is 295 g/mol. The fourth-order valence-corrected chi connectivity index (χ4v) is 2.77. The van der Waals surface area contributed by atoms with Gasteiger partial charge in [0.2, 0.25) is 11.8 Å². The molecule has 110 valence electrons. The number of rotatable bonds is 8. The van der Waals surface area contributed by atoms with Crippen molar-refractivity contribution < 1.29 is 9.59 Å². The standard InChI is InChI=1S/C14H21N3O2S/c1-11(18)15-6-7-16-14(19)10-17(12-4-5-12)9-13-3-2-8-20-13/h2-3,8,12H,4-7,9-10H2,1H3,(H,15,18)(H,16,19). The SMILES string of the molecule is CC(=O)NCCNC(=O)CN(Cc1cccs1)C1CC1. The summed E-state index contributed by atoms with van der Waals surface area (Å²) in [7, 11) is 0. The first-order chi connectivity index (χ1) is 9.65.